The van der Waals surface area contributed by atoms with E-state index in [-0.39, 0.29) is 24.1 Å². The second-order valence-electron chi connectivity index (χ2n) is 6.71. The fraction of sp³-hybridized carbons (Fsp3) is 0.611. The van der Waals surface area contributed by atoms with E-state index in [9.17, 15) is 9.18 Å². The normalized spacial score (nSPS) is 22.0. The average molecular weight is 341 g/mol. The minimum atomic E-state index is -0.213. The predicted octanol–water partition coefficient (Wildman–Crippen LogP) is 3.55. The molecular weight excluding hydrogens is 315 g/mol. The molecule has 2 aliphatic rings. The minimum absolute atomic E-state index is 0. The van der Waals surface area contributed by atoms with Crippen LogP contribution in [-0.4, -0.2) is 25.5 Å². The molecule has 2 unspecified atom stereocenters. The number of carbonyl (C=O) groups excluding carboxylic acids is 1. The lowest BCUT2D eigenvalue weighted by atomic mass is 9.85. The van der Waals surface area contributed by atoms with Crippen LogP contribution in [0.2, 0.25) is 0 Å². The van der Waals surface area contributed by atoms with Crippen molar-refractivity contribution < 1.29 is 9.18 Å². The molecule has 23 heavy (non-hydrogen) atoms. The summed E-state index contributed by atoms with van der Waals surface area (Å²) in [6, 6.07) is 4.79. The Morgan fingerprint density at radius 1 is 1.43 bits per heavy atom. The Balaban J connectivity index is 0.00000192. The summed E-state index contributed by atoms with van der Waals surface area (Å²) < 4.78 is 13.4. The first-order valence-corrected chi connectivity index (χ1v) is 8.44. The standard InChI is InChI=1S/C18H25FN2O.ClH/c1-13(15-4-2-8-20-12-15)10-18(22)21-9-3-5-14-11-16(19)6-7-17(14)21;/h6-7,11,13,15,20H,2-5,8-10,12H2,1H3;1H. The second kappa shape index (κ2) is 8.11. The number of nitrogens with zero attached hydrogens (tertiary/aromatic N) is 1. The molecule has 1 N–H and O–H groups in total. The van der Waals surface area contributed by atoms with E-state index in [0.717, 1.165) is 43.7 Å². The molecule has 0 aromatic heterocycles. The molecule has 2 aliphatic heterocycles. The lowest BCUT2D eigenvalue weighted by Crippen LogP contribution is -2.39. The van der Waals surface area contributed by atoms with Crippen molar-refractivity contribution in [2.24, 2.45) is 11.8 Å². The van der Waals surface area contributed by atoms with Gasteiger partial charge >= 0.3 is 0 Å². The molecule has 1 aromatic rings. The van der Waals surface area contributed by atoms with Crippen molar-refractivity contribution in [3.05, 3.63) is 29.6 Å². The molecule has 0 radical (unpaired) electrons. The Morgan fingerprint density at radius 3 is 3.00 bits per heavy atom. The van der Waals surface area contributed by atoms with Gasteiger partial charge in [0.25, 0.3) is 0 Å². The zero-order valence-corrected chi connectivity index (χ0v) is 14.5. The molecule has 128 valence electrons. The van der Waals surface area contributed by atoms with Crippen molar-refractivity contribution in [3.8, 4) is 0 Å². The highest BCUT2D eigenvalue weighted by Crippen LogP contribution is 2.30. The number of piperidine rings is 1. The number of nitrogens with one attached hydrogen (secondary N) is 1. The number of hydrogen-bond acceptors (Lipinski definition) is 2. The Hall–Kier alpha value is -1.13. The van der Waals surface area contributed by atoms with Crippen LogP contribution < -0.4 is 10.2 Å². The summed E-state index contributed by atoms with van der Waals surface area (Å²) in [5.74, 6) is 0.960. The van der Waals surface area contributed by atoms with Crippen molar-refractivity contribution in [3.63, 3.8) is 0 Å². The Bertz CT molecular complexity index is 546. The number of benzene rings is 1. The summed E-state index contributed by atoms with van der Waals surface area (Å²) in [5.41, 5.74) is 1.87. The number of halogens is 2. The highest BCUT2D eigenvalue weighted by molar-refractivity contribution is 5.94. The van der Waals surface area contributed by atoms with Gasteiger partial charge in [0.2, 0.25) is 5.91 Å². The number of hydrogen-bond donors (Lipinski definition) is 1. The molecule has 3 rings (SSSR count). The number of amides is 1. The zero-order chi connectivity index (χ0) is 15.5. The van der Waals surface area contributed by atoms with Gasteiger partial charge in [-0.2, -0.15) is 0 Å². The number of fused-ring (bicyclic) bond motifs is 1. The molecule has 1 fully saturated rings. The summed E-state index contributed by atoms with van der Waals surface area (Å²) in [5, 5.41) is 3.42. The van der Waals surface area contributed by atoms with Gasteiger partial charge in [-0.05, 0) is 74.4 Å². The lowest BCUT2D eigenvalue weighted by Gasteiger charge is -2.33. The van der Waals surface area contributed by atoms with Gasteiger partial charge < -0.3 is 10.2 Å². The van der Waals surface area contributed by atoms with Crippen molar-refractivity contribution in [2.75, 3.05) is 24.5 Å². The molecule has 5 heteroatoms. The molecule has 0 aliphatic carbocycles. The van der Waals surface area contributed by atoms with Gasteiger partial charge in [-0.25, -0.2) is 4.39 Å². The van der Waals surface area contributed by atoms with Crippen molar-refractivity contribution in [2.45, 2.75) is 39.0 Å². The third-order valence-corrected chi connectivity index (χ3v) is 5.10. The summed E-state index contributed by atoms with van der Waals surface area (Å²) in [6.45, 7) is 5.07. The maximum absolute atomic E-state index is 13.4. The van der Waals surface area contributed by atoms with Crippen LogP contribution in [0.5, 0.6) is 0 Å². The average Bonchev–Trinajstić information content (AvgIpc) is 2.54. The van der Waals surface area contributed by atoms with Crippen LogP contribution in [0, 0.1) is 17.7 Å². The number of aryl methyl sites for hydroxylation is 1. The van der Waals surface area contributed by atoms with E-state index in [1.165, 1.54) is 18.9 Å². The van der Waals surface area contributed by atoms with Crippen LogP contribution >= 0.6 is 12.4 Å². The fourth-order valence-electron chi connectivity index (χ4n) is 3.74. The van der Waals surface area contributed by atoms with Crippen LogP contribution in [0.4, 0.5) is 10.1 Å². The molecule has 0 saturated carbocycles. The second-order valence-corrected chi connectivity index (χ2v) is 6.71. The largest absolute Gasteiger partial charge is 0.316 e. The Morgan fingerprint density at radius 2 is 2.26 bits per heavy atom. The van der Waals surface area contributed by atoms with Crippen LogP contribution in [-0.2, 0) is 11.2 Å². The molecule has 1 saturated heterocycles. The highest BCUT2D eigenvalue weighted by Gasteiger charge is 2.27. The quantitative estimate of drug-likeness (QED) is 0.912. The SMILES string of the molecule is CC(CC(=O)N1CCCc2cc(F)ccc21)C1CCCNC1.Cl. The van der Waals surface area contributed by atoms with Gasteiger partial charge in [0, 0.05) is 18.7 Å². The Kier molecular flexibility index (Phi) is 6.42. The van der Waals surface area contributed by atoms with Gasteiger partial charge in [-0.3, -0.25) is 4.79 Å². The molecule has 1 aromatic carbocycles. The minimum Gasteiger partial charge on any atom is -0.316 e. The van der Waals surface area contributed by atoms with Crippen LogP contribution in [0.25, 0.3) is 0 Å². The predicted molar refractivity (Wildman–Crippen MR) is 93.7 cm³/mol. The number of carbonyl (C=O) groups is 1. The van der Waals surface area contributed by atoms with Gasteiger partial charge in [0.05, 0.1) is 0 Å². The third-order valence-electron chi connectivity index (χ3n) is 5.10. The van der Waals surface area contributed by atoms with Gasteiger partial charge in [0.15, 0.2) is 0 Å². The molecule has 1 amide bonds. The van der Waals surface area contributed by atoms with E-state index < -0.39 is 0 Å². The van der Waals surface area contributed by atoms with E-state index in [1.807, 2.05) is 4.90 Å². The molecule has 3 nitrogen and oxygen atoms in total. The van der Waals surface area contributed by atoms with Crippen LogP contribution in [0.3, 0.4) is 0 Å². The Labute approximate surface area is 144 Å². The van der Waals surface area contributed by atoms with Gasteiger partial charge in [0.1, 0.15) is 5.82 Å². The molecule has 2 atom stereocenters. The summed E-state index contributed by atoms with van der Waals surface area (Å²) >= 11 is 0. The lowest BCUT2D eigenvalue weighted by molar-refractivity contribution is -0.119. The van der Waals surface area contributed by atoms with E-state index in [1.54, 1.807) is 12.1 Å². The molecule has 0 spiro atoms. The topological polar surface area (TPSA) is 32.3 Å². The fourth-order valence-corrected chi connectivity index (χ4v) is 3.74. The van der Waals surface area contributed by atoms with E-state index in [2.05, 4.69) is 12.2 Å². The van der Waals surface area contributed by atoms with E-state index in [0.29, 0.717) is 18.3 Å². The van der Waals surface area contributed by atoms with Crippen molar-refractivity contribution in [1.82, 2.24) is 5.32 Å². The number of anilines is 1. The van der Waals surface area contributed by atoms with E-state index >= 15 is 0 Å². The monoisotopic (exact) mass is 340 g/mol. The van der Waals surface area contributed by atoms with E-state index in [4.69, 9.17) is 0 Å². The molecule has 2 heterocycles. The summed E-state index contributed by atoms with van der Waals surface area (Å²) in [6.07, 6.45) is 4.78. The number of rotatable bonds is 3. The first-order chi connectivity index (χ1) is 10.6. The van der Waals surface area contributed by atoms with Crippen molar-refractivity contribution in [1.29, 1.82) is 0 Å². The molecular formula is C18H26ClFN2O. The first-order valence-electron chi connectivity index (χ1n) is 8.44. The van der Waals surface area contributed by atoms with Gasteiger partial charge in [-0.15, -0.1) is 12.4 Å². The van der Waals surface area contributed by atoms with Crippen LogP contribution in [0.15, 0.2) is 18.2 Å². The molecule has 0 bridgehead atoms. The highest BCUT2D eigenvalue weighted by atomic mass is 35.5. The smallest absolute Gasteiger partial charge is 0.227 e. The van der Waals surface area contributed by atoms with Gasteiger partial charge in [-0.1, -0.05) is 6.92 Å². The summed E-state index contributed by atoms with van der Waals surface area (Å²) in [7, 11) is 0. The van der Waals surface area contributed by atoms with Crippen LogP contribution in [0.1, 0.15) is 38.2 Å². The zero-order valence-electron chi connectivity index (χ0n) is 13.7. The maximum atomic E-state index is 13.4. The first kappa shape index (κ1) is 18.2. The maximum Gasteiger partial charge on any atom is 0.227 e. The summed E-state index contributed by atoms with van der Waals surface area (Å²) in [4.78, 5) is 14.6. The third kappa shape index (κ3) is 4.24. The van der Waals surface area contributed by atoms with Crippen molar-refractivity contribution >= 4 is 24.0 Å².